The van der Waals surface area contributed by atoms with E-state index in [9.17, 15) is 13.2 Å². The van der Waals surface area contributed by atoms with Crippen molar-refractivity contribution in [2.75, 3.05) is 5.75 Å². The second kappa shape index (κ2) is 5.54. The highest BCUT2D eigenvalue weighted by Crippen LogP contribution is 2.22. The summed E-state index contributed by atoms with van der Waals surface area (Å²) in [7, 11) is -3.51. The van der Waals surface area contributed by atoms with Crippen molar-refractivity contribution in [3.8, 4) is 0 Å². The molecule has 0 saturated heterocycles. The molecule has 1 aromatic rings. The zero-order valence-corrected chi connectivity index (χ0v) is 11.4. The average molecular weight is 289 g/mol. The summed E-state index contributed by atoms with van der Waals surface area (Å²) in [6, 6.07) is 3.59. The standard InChI is InChI=1S/C12H13ClO4S/c1-3-8(2)7-18(16,17)9-4-5-10(12(14)15)11(13)6-9/h4-6H,2-3,7H2,1H3,(H,14,15). The van der Waals surface area contributed by atoms with E-state index in [1.807, 2.05) is 6.92 Å². The van der Waals surface area contributed by atoms with E-state index in [1.165, 1.54) is 12.1 Å². The van der Waals surface area contributed by atoms with E-state index >= 15 is 0 Å². The molecular formula is C12H13ClO4S. The summed E-state index contributed by atoms with van der Waals surface area (Å²) in [6.45, 7) is 5.46. The molecule has 0 amide bonds. The summed E-state index contributed by atoms with van der Waals surface area (Å²) in [5.41, 5.74) is 0.471. The van der Waals surface area contributed by atoms with Crippen LogP contribution in [0, 0.1) is 0 Å². The van der Waals surface area contributed by atoms with Crippen LogP contribution in [0.15, 0.2) is 35.2 Å². The highest BCUT2D eigenvalue weighted by atomic mass is 35.5. The Kier molecular flexibility index (Phi) is 4.53. The number of hydrogen-bond acceptors (Lipinski definition) is 3. The van der Waals surface area contributed by atoms with Crippen LogP contribution >= 0.6 is 11.6 Å². The molecule has 1 rings (SSSR count). The van der Waals surface area contributed by atoms with Crippen LogP contribution in [0.4, 0.5) is 0 Å². The highest BCUT2D eigenvalue weighted by Gasteiger charge is 2.18. The van der Waals surface area contributed by atoms with Crippen LogP contribution in [-0.4, -0.2) is 25.2 Å². The first-order valence-corrected chi connectivity index (χ1v) is 7.23. The first kappa shape index (κ1) is 14.7. The maximum Gasteiger partial charge on any atom is 0.337 e. The van der Waals surface area contributed by atoms with Gasteiger partial charge in [-0.2, -0.15) is 0 Å². The lowest BCUT2D eigenvalue weighted by molar-refractivity contribution is 0.0697. The van der Waals surface area contributed by atoms with Crippen molar-refractivity contribution < 1.29 is 18.3 Å². The molecule has 98 valence electrons. The Morgan fingerprint density at radius 3 is 2.50 bits per heavy atom. The largest absolute Gasteiger partial charge is 0.478 e. The molecule has 0 aliphatic rings. The Morgan fingerprint density at radius 1 is 1.44 bits per heavy atom. The average Bonchev–Trinajstić information content (AvgIpc) is 2.27. The molecule has 0 aromatic heterocycles. The van der Waals surface area contributed by atoms with E-state index in [2.05, 4.69) is 6.58 Å². The minimum absolute atomic E-state index is 0.00657. The minimum Gasteiger partial charge on any atom is -0.478 e. The van der Waals surface area contributed by atoms with Crippen LogP contribution < -0.4 is 0 Å². The highest BCUT2D eigenvalue weighted by molar-refractivity contribution is 7.91. The Bertz CT molecular complexity index is 590. The molecule has 0 spiro atoms. The fourth-order valence-electron chi connectivity index (χ4n) is 1.32. The number of sulfone groups is 1. The topological polar surface area (TPSA) is 71.4 Å². The van der Waals surface area contributed by atoms with Crippen molar-refractivity contribution >= 4 is 27.4 Å². The summed E-state index contributed by atoms with van der Waals surface area (Å²) in [5.74, 6) is -1.35. The Balaban J connectivity index is 3.15. The van der Waals surface area contributed by atoms with Gasteiger partial charge in [0.1, 0.15) is 0 Å². The van der Waals surface area contributed by atoms with Gasteiger partial charge in [0.05, 0.1) is 21.2 Å². The van der Waals surface area contributed by atoms with Crippen molar-refractivity contribution in [2.24, 2.45) is 0 Å². The number of halogens is 1. The van der Waals surface area contributed by atoms with Crippen LogP contribution in [0.3, 0.4) is 0 Å². The molecule has 0 aliphatic heterocycles. The third-order valence-corrected chi connectivity index (χ3v) is 4.50. The molecule has 1 aromatic carbocycles. The number of carboxylic acid groups (broad SMARTS) is 1. The van der Waals surface area contributed by atoms with Gasteiger partial charge in [0.25, 0.3) is 0 Å². The molecule has 1 N–H and O–H groups in total. The van der Waals surface area contributed by atoms with Crippen molar-refractivity contribution in [3.63, 3.8) is 0 Å². The molecule has 0 fully saturated rings. The van der Waals surface area contributed by atoms with E-state index in [4.69, 9.17) is 16.7 Å². The summed E-state index contributed by atoms with van der Waals surface area (Å²) in [6.07, 6.45) is 0.570. The van der Waals surface area contributed by atoms with E-state index < -0.39 is 15.8 Å². The van der Waals surface area contributed by atoms with E-state index in [0.29, 0.717) is 12.0 Å². The number of carboxylic acids is 1. The Morgan fingerprint density at radius 2 is 2.06 bits per heavy atom. The van der Waals surface area contributed by atoms with Gasteiger partial charge in [-0.05, 0) is 24.6 Å². The van der Waals surface area contributed by atoms with Crippen molar-refractivity contribution in [1.29, 1.82) is 0 Å². The minimum atomic E-state index is -3.51. The lowest BCUT2D eigenvalue weighted by Crippen LogP contribution is -2.09. The van der Waals surface area contributed by atoms with Gasteiger partial charge in [-0.15, -0.1) is 0 Å². The quantitative estimate of drug-likeness (QED) is 0.846. The van der Waals surface area contributed by atoms with Crippen LogP contribution in [0.2, 0.25) is 5.02 Å². The molecule has 0 heterocycles. The zero-order chi connectivity index (χ0) is 13.9. The van der Waals surface area contributed by atoms with Gasteiger partial charge in [-0.3, -0.25) is 0 Å². The number of benzene rings is 1. The van der Waals surface area contributed by atoms with Gasteiger partial charge in [0.2, 0.25) is 0 Å². The van der Waals surface area contributed by atoms with Gasteiger partial charge in [0, 0.05) is 0 Å². The lowest BCUT2D eigenvalue weighted by atomic mass is 10.2. The molecule has 6 heteroatoms. The van der Waals surface area contributed by atoms with Crippen molar-refractivity contribution in [1.82, 2.24) is 0 Å². The van der Waals surface area contributed by atoms with Gasteiger partial charge >= 0.3 is 5.97 Å². The number of aromatic carboxylic acids is 1. The lowest BCUT2D eigenvalue weighted by Gasteiger charge is -2.07. The molecule has 0 saturated carbocycles. The van der Waals surface area contributed by atoms with Gasteiger partial charge in [-0.1, -0.05) is 30.7 Å². The van der Waals surface area contributed by atoms with Gasteiger partial charge in [0.15, 0.2) is 9.84 Å². The second-order valence-corrected chi connectivity index (χ2v) is 6.21. The molecule has 18 heavy (non-hydrogen) atoms. The van der Waals surface area contributed by atoms with Gasteiger partial charge in [-0.25, -0.2) is 13.2 Å². The van der Waals surface area contributed by atoms with E-state index in [1.54, 1.807) is 0 Å². The SMILES string of the molecule is C=C(CC)CS(=O)(=O)c1ccc(C(=O)O)c(Cl)c1. The van der Waals surface area contributed by atoms with E-state index in [0.717, 1.165) is 6.07 Å². The molecule has 0 atom stereocenters. The van der Waals surface area contributed by atoms with Crippen LogP contribution in [0.5, 0.6) is 0 Å². The number of carbonyl (C=O) groups is 1. The first-order valence-electron chi connectivity index (χ1n) is 5.20. The second-order valence-electron chi connectivity index (χ2n) is 3.81. The molecule has 0 unspecified atom stereocenters. The van der Waals surface area contributed by atoms with E-state index in [-0.39, 0.29) is 21.2 Å². The first-order chi connectivity index (χ1) is 8.27. The predicted molar refractivity (Wildman–Crippen MR) is 69.9 cm³/mol. The third-order valence-electron chi connectivity index (χ3n) is 2.42. The number of rotatable bonds is 5. The molecule has 0 aliphatic carbocycles. The smallest absolute Gasteiger partial charge is 0.337 e. The van der Waals surface area contributed by atoms with Gasteiger partial charge < -0.3 is 5.11 Å². The normalized spacial score (nSPS) is 11.2. The zero-order valence-electron chi connectivity index (χ0n) is 9.81. The maximum atomic E-state index is 12.0. The maximum absolute atomic E-state index is 12.0. The van der Waals surface area contributed by atoms with Crippen LogP contribution in [0.25, 0.3) is 0 Å². The Hall–Kier alpha value is -1.33. The van der Waals surface area contributed by atoms with Crippen molar-refractivity contribution in [2.45, 2.75) is 18.2 Å². The molecule has 4 nitrogen and oxygen atoms in total. The number of hydrogen-bond donors (Lipinski definition) is 1. The van der Waals surface area contributed by atoms with Crippen LogP contribution in [-0.2, 0) is 9.84 Å². The predicted octanol–water partition coefficient (Wildman–Crippen LogP) is 2.78. The summed E-state index contributed by atoms with van der Waals surface area (Å²) in [5, 5.41) is 8.70. The fraction of sp³-hybridized carbons (Fsp3) is 0.250. The molecule has 0 radical (unpaired) electrons. The third kappa shape index (κ3) is 3.34. The summed E-state index contributed by atoms with van der Waals surface area (Å²) >= 11 is 5.73. The monoisotopic (exact) mass is 288 g/mol. The van der Waals surface area contributed by atoms with Crippen LogP contribution in [0.1, 0.15) is 23.7 Å². The fourth-order valence-corrected chi connectivity index (χ4v) is 3.12. The molecule has 0 bridgehead atoms. The summed E-state index contributed by atoms with van der Waals surface area (Å²) in [4.78, 5) is 10.8. The molecular weight excluding hydrogens is 276 g/mol. The Labute approximate surface area is 111 Å². The summed E-state index contributed by atoms with van der Waals surface area (Å²) < 4.78 is 23.9. The van der Waals surface area contributed by atoms with Crippen molar-refractivity contribution in [3.05, 3.63) is 40.9 Å².